The molecular weight excluding hydrogens is 278 g/mol. The van der Waals surface area contributed by atoms with Crippen molar-refractivity contribution in [1.29, 1.82) is 0 Å². The zero-order chi connectivity index (χ0) is 15.8. The molecule has 0 rings (SSSR count). The third kappa shape index (κ3) is 9.28. The van der Waals surface area contributed by atoms with Crippen molar-refractivity contribution in [2.45, 2.75) is 39.2 Å². The van der Waals surface area contributed by atoms with Gasteiger partial charge in [-0.3, -0.25) is 4.79 Å². The fourth-order valence-corrected chi connectivity index (χ4v) is 2.57. The Labute approximate surface area is 123 Å². The molecule has 1 atom stereocenters. The Kier molecular flexibility index (Phi) is 9.00. The second kappa shape index (κ2) is 9.31. The third-order valence-corrected chi connectivity index (χ3v) is 4.39. The number of nitrogens with zero attached hydrogens (tertiary/aromatic N) is 2. The Morgan fingerprint density at radius 1 is 1.20 bits per heavy atom. The average molecular weight is 307 g/mol. The number of carbonyl (C=O) groups excluding carboxylic acids is 1. The van der Waals surface area contributed by atoms with E-state index in [4.69, 9.17) is 0 Å². The summed E-state index contributed by atoms with van der Waals surface area (Å²) in [5.74, 6) is -0.0967. The zero-order valence-electron chi connectivity index (χ0n) is 13.3. The van der Waals surface area contributed by atoms with Crippen molar-refractivity contribution in [2.75, 3.05) is 40.0 Å². The molecule has 7 heteroatoms. The summed E-state index contributed by atoms with van der Waals surface area (Å²) in [6.45, 7) is 5.45. The van der Waals surface area contributed by atoms with Crippen LogP contribution in [0, 0.1) is 0 Å². The Hall–Kier alpha value is -0.660. The van der Waals surface area contributed by atoms with Gasteiger partial charge >= 0.3 is 0 Å². The zero-order valence-corrected chi connectivity index (χ0v) is 14.2. The molecular formula is C13H29N3O3S. The minimum Gasteiger partial charge on any atom is -0.354 e. The maximum Gasteiger partial charge on any atom is 0.221 e. The van der Waals surface area contributed by atoms with E-state index in [2.05, 4.69) is 5.32 Å². The molecule has 0 fully saturated rings. The maximum absolute atomic E-state index is 11.7. The van der Waals surface area contributed by atoms with E-state index in [-0.39, 0.29) is 24.9 Å². The molecule has 0 saturated heterocycles. The maximum atomic E-state index is 11.7. The standard InChI is InChI=1S/C13H29N3O3S/c1-6-12(2)14-13(17)8-11-16(20(5,18)19)10-7-9-15(3)4/h12H,6-11H2,1-5H3,(H,14,17). The molecule has 0 aromatic carbocycles. The van der Waals surface area contributed by atoms with E-state index in [1.54, 1.807) is 0 Å². The van der Waals surface area contributed by atoms with Crippen LogP contribution in [0.15, 0.2) is 0 Å². The van der Waals surface area contributed by atoms with E-state index >= 15 is 0 Å². The highest BCUT2D eigenvalue weighted by Crippen LogP contribution is 2.02. The van der Waals surface area contributed by atoms with Crippen LogP contribution < -0.4 is 5.32 Å². The van der Waals surface area contributed by atoms with Gasteiger partial charge in [-0.2, -0.15) is 0 Å². The molecule has 0 aromatic rings. The summed E-state index contributed by atoms with van der Waals surface area (Å²) >= 11 is 0. The summed E-state index contributed by atoms with van der Waals surface area (Å²) < 4.78 is 24.7. The molecule has 0 bridgehead atoms. The second-order valence-corrected chi connectivity index (χ2v) is 7.43. The topological polar surface area (TPSA) is 69.7 Å². The van der Waals surface area contributed by atoms with Crippen molar-refractivity contribution in [3.8, 4) is 0 Å². The second-order valence-electron chi connectivity index (χ2n) is 5.45. The van der Waals surface area contributed by atoms with Crippen LogP contribution >= 0.6 is 0 Å². The van der Waals surface area contributed by atoms with Crippen molar-refractivity contribution in [1.82, 2.24) is 14.5 Å². The van der Waals surface area contributed by atoms with E-state index in [0.717, 1.165) is 19.4 Å². The molecule has 1 N–H and O–H groups in total. The van der Waals surface area contributed by atoms with Crippen LogP contribution in [-0.2, 0) is 14.8 Å². The molecule has 0 spiro atoms. The summed E-state index contributed by atoms with van der Waals surface area (Å²) in [6, 6.07) is 0.128. The Morgan fingerprint density at radius 3 is 2.25 bits per heavy atom. The minimum atomic E-state index is -3.26. The van der Waals surface area contributed by atoms with Crippen LogP contribution in [0.4, 0.5) is 0 Å². The predicted octanol–water partition coefficient (Wildman–Crippen LogP) is 0.505. The van der Waals surface area contributed by atoms with Gasteiger partial charge in [-0.25, -0.2) is 12.7 Å². The number of rotatable bonds is 10. The van der Waals surface area contributed by atoms with Crippen LogP contribution in [0.5, 0.6) is 0 Å². The molecule has 0 heterocycles. The Bertz CT molecular complexity index is 382. The van der Waals surface area contributed by atoms with Gasteiger partial charge in [0, 0.05) is 25.6 Å². The predicted molar refractivity (Wildman–Crippen MR) is 82.1 cm³/mol. The number of hydrogen-bond acceptors (Lipinski definition) is 4. The van der Waals surface area contributed by atoms with Gasteiger partial charge in [-0.15, -0.1) is 0 Å². The molecule has 1 unspecified atom stereocenters. The summed E-state index contributed by atoms with van der Waals surface area (Å²) in [6.07, 6.45) is 3.02. The monoisotopic (exact) mass is 307 g/mol. The lowest BCUT2D eigenvalue weighted by atomic mass is 10.2. The van der Waals surface area contributed by atoms with Crippen molar-refractivity contribution in [2.24, 2.45) is 0 Å². The average Bonchev–Trinajstić information content (AvgIpc) is 2.31. The first-order chi connectivity index (χ1) is 9.16. The number of carbonyl (C=O) groups is 1. The van der Waals surface area contributed by atoms with Gasteiger partial charge in [0.15, 0.2) is 0 Å². The van der Waals surface area contributed by atoms with Crippen molar-refractivity contribution in [3.05, 3.63) is 0 Å². The molecule has 0 aliphatic carbocycles. The quantitative estimate of drug-likeness (QED) is 0.638. The van der Waals surface area contributed by atoms with E-state index in [1.165, 1.54) is 10.6 Å². The largest absolute Gasteiger partial charge is 0.354 e. The van der Waals surface area contributed by atoms with Crippen LogP contribution in [0.2, 0.25) is 0 Å². The molecule has 0 aliphatic heterocycles. The van der Waals surface area contributed by atoms with Gasteiger partial charge in [0.05, 0.1) is 6.26 Å². The number of hydrogen-bond donors (Lipinski definition) is 1. The van der Waals surface area contributed by atoms with Gasteiger partial charge in [0.2, 0.25) is 15.9 Å². The van der Waals surface area contributed by atoms with Gasteiger partial charge < -0.3 is 10.2 Å². The lowest BCUT2D eigenvalue weighted by Crippen LogP contribution is -2.38. The lowest BCUT2D eigenvalue weighted by molar-refractivity contribution is -0.121. The first kappa shape index (κ1) is 19.3. The third-order valence-electron chi connectivity index (χ3n) is 3.09. The lowest BCUT2D eigenvalue weighted by Gasteiger charge is -2.21. The van der Waals surface area contributed by atoms with Crippen LogP contribution in [0.3, 0.4) is 0 Å². The minimum absolute atomic E-state index is 0.0967. The van der Waals surface area contributed by atoms with E-state index < -0.39 is 10.0 Å². The molecule has 0 radical (unpaired) electrons. The molecule has 0 aliphatic rings. The van der Waals surface area contributed by atoms with Crippen molar-refractivity contribution >= 4 is 15.9 Å². The van der Waals surface area contributed by atoms with E-state index in [1.807, 2.05) is 32.8 Å². The van der Waals surface area contributed by atoms with E-state index in [0.29, 0.717) is 6.54 Å². The van der Waals surface area contributed by atoms with Crippen molar-refractivity contribution in [3.63, 3.8) is 0 Å². The van der Waals surface area contributed by atoms with Crippen LogP contribution in [0.25, 0.3) is 0 Å². The van der Waals surface area contributed by atoms with E-state index in [9.17, 15) is 13.2 Å². The Balaban J connectivity index is 4.28. The Morgan fingerprint density at radius 2 is 1.80 bits per heavy atom. The number of amides is 1. The van der Waals surface area contributed by atoms with Gasteiger partial charge in [0.1, 0.15) is 0 Å². The summed E-state index contributed by atoms with van der Waals surface area (Å²) in [5, 5.41) is 2.84. The number of nitrogens with one attached hydrogen (secondary N) is 1. The number of sulfonamides is 1. The molecule has 0 aromatic heterocycles. The fourth-order valence-electron chi connectivity index (χ4n) is 1.68. The molecule has 0 saturated carbocycles. The normalized spacial score (nSPS) is 13.8. The molecule has 1 amide bonds. The van der Waals surface area contributed by atoms with Crippen molar-refractivity contribution < 1.29 is 13.2 Å². The first-order valence-corrected chi connectivity index (χ1v) is 8.90. The first-order valence-electron chi connectivity index (χ1n) is 7.06. The van der Waals surface area contributed by atoms with Crippen LogP contribution in [-0.4, -0.2) is 69.6 Å². The summed E-state index contributed by atoms with van der Waals surface area (Å²) in [4.78, 5) is 13.7. The smallest absolute Gasteiger partial charge is 0.221 e. The van der Waals surface area contributed by atoms with Gasteiger partial charge in [-0.05, 0) is 40.4 Å². The SMILES string of the molecule is CCC(C)NC(=O)CCN(CCCN(C)C)S(C)(=O)=O. The summed E-state index contributed by atoms with van der Waals surface area (Å²) in [7, 11) is 0.640. The highest BCUT2D eigenvalue weighted by Gasteiger charge is 2.17. The van der Waals surface area contributed by atoms with Gasteiger partial charge in [0.25, 0.3) is 0 Å². The summed E-state index contributed by atoms with van der Waals surface area (Å²) in [5.41, 5.74) is 0. The molecule has 120 valence electrons. The highest BCUT2D eigenvalue weighted by molar-refractivity contribution is 7.88. The highest BCUT2D eigenvalue weighted by atomic mass is 32.2. The fraction of sp³-hybridized carbons (Fsp3) is 0.923. The molecule has 20 heavy (non-hydrogen) atoms. The van der Waals surface area contributed by atoms with Crippen LogP contribution in [0.1, 0.15) is 33.1 Å². The molecule has 6 nitrogen and oxygen atoms in total. The van der Waals surface area contributed by atoms with Gasteiger partial charge in [-0.1, -0.05) is 6.92 Å².